The Morgan fingerprint density at radius 2 is 2.04 bits per heavy atom. The number of hydrogen-bond acceptors (Lipinski definition) is 2. The number of benzene rings is 2. The highest BCUT2D eigenvalue weighted by atomic mass is 19.1. The van der Waals surface area contributed by atoms with Crippen molar-refractivity contribution in [2.24, 2.45) is 0 Å². The number of nitrogens with zero attached hydrogens (tertiary/aromatic N) is 1. The molecule has 28 heavy (non-hydrogen) atoms. The summed E-state index contributed by atoms with van der Waals surface area (Å²) in [5.74, 6) is -0.263. The van der Waals surface area contributed by atoms with Crippen LogP contribution in [0.25, 0.3) is 10.9 Å². The van der Waals surface area contributed by atoms with E-state index in [4.69, 9.17) is 4.74 Å². The third-order valence-corrected chi connectivity index (χ3v) is 4.94. The van der Waals surface area contributed by atoms with E-state index < -0.39 is 0 Å². The Morgan fingerprint density at radius 3 is 2.79 bits per heavy atom. The number of methoxy groups -OCH3 is 1. The van der Waals surface area contributed by atoms with E-state index in [0.717, 1.165) is 28.5 Å². The van der Waals surface area contributed by atoms with Gasteiger partial charge >= 0.3 is 6.03 Å². The number of halogens is 1. The Labute approximate surface area is 164 Å². The summed E-state index contributed by atoms with van der Waals surface area (Å²) in [6, 6.07) is 14.5. The van der Waals surface area contributed by atoms with E-state index in [1.165, 1.54) is 12.1 Å². The van der Waals surface area contributed by atoms with Crippen molar-refractivity contribution >= 4 is 16.9 Å². The van der Waals surface area contributed by atoms with Crippen molar-refractivity contribution < 1.29 is 13.9 Å². The van der Waals surface area contributed by atoms with E-state index in [1.54, 1.807) is 25.1 Å². The highest BCUT2D eigenvalue weighted by Crippen LogP contribution is 2.19. The summed E-state index contributed by atoms with van der Waals surface area (Å²) in [7, 11) is 3.42. The second kappa shape index (κ2) is 9.37. The van der Waals surface area contributed by atoms with Gasteiger partial charge < -0.3 is 19.9 Å². The van der Waals surface area contributed by atoms with Crippen LogP contribution in [0, 0.1) is 5.82 Å². The van der Waals surface area contributed by atoms with Gasteiger partial charge in [0.05, 0.1) is 12.6 Å². The first-order valence-electron chi connectivity index (χ1n) is 9.37. The molecule has 0 spiro atoms. The van der Waals surface area contributed by atoms with E-state index in [0.29, 0.717) is 19.6 Å². The molecule has 1 aromatic heterocycles. The molecule has 0 bridgehead atoms. The molecular weight excluding hydrogens is 357 g/mol. The Morgan fingerprint density at radius 1 is 1.25 bits per heavy atom. The minimum atomic E-state index is -0.263. The third kappa shape index (κ3) is 4.89. The Hall–Kier alpha value is -2.86. The molecule has 2 N–H and O–H groups in total. The molecule has 148 valence electrons. The zero-order valence-electron chi connectivity index (χ0n) is 16.2. The number of likely N-dealkylation sites (N-methyl/N-ethyl adjacent to an activating group) is 1. The van der Waals surface area contributed by atoms with Gasteiger partial charge in [-0.1, -0.05) is 30.3 Å². The summed E-state index contributed by atoms with van der Waals surface area (Å²) in [5, 5.41) is 3.80. The molecule has 1 heterocycles. The first kappa shape index (κ1) is 19.9. The van der Waals surface area contributed by atoms with E-state index in [1.807, 2.05) is 36.5 Å². The Balaban J connectivity index is 1.56. The van der Waals surface area contributed by atoms with Crippen LogP contribution >= 0.6 is 0 Å². The highest BCUT2D eigenvalue weighted by Gasteiger charge is 2.20. The molecule has 0 radical (unpaired) electrons. The van der Waals surface area contributed by atoms with Gasteiger partial charge in [0, 0.05) is 37.8 Å². The summed E-state index contributed by atoms with van der Waals surface area (Å²) < 4.78 is 18.8. The van der Waals surface area contributed by atoms with Crippen molar-refractivity contribution in [2.45, 2.75) is 18.9 Å². The number of H-pyrrole nitrogens is 1. The number of urea groups is 1. The van der Waals surface area contributed by atoms with Gasteiger partial charge in [-0.2, -0.15) is 0 Å². The minimum absolute atomic E-state index is 0.0606. The van der Waals surface area contributed by atoms with Crippen molar-refractivity contribution in [3.63, 3.8) is 0 Å². The van der Waals surface area contributed by atoms with E-state index in [2.05, 4.69) is 10.3 Å². The summed E-state index contributed by atoms with van der Waals surface area (Å²) >= 11 is 0. The molecule has 2 amide bonds. The molecule has 0 unspecified atom stereocenters. The van der Waals surface area contributed by atoms with Gasteiger partial charge in [0.25, 0.3) is 0 Å². The third-order valence-electron chi connectivity index (χ3n) is 4.94. The number of ether oxygens (including phenoxy) is 1. The van der Waals surface area contributed by atoms with Gasteiger partial charge in [0.2, 0.25) is 0 Å². The standard InChI is InChI=1S/C22H26FN3O2/c1-26(19(15-28-2)12-16-6-4-3-5-7-16)22(27)24-11-10-17-14-25-21-9-8-18(23)13-20(17)21/h3-9,13-14,19,25H,10-12,15H2,1-2H3,(H,24,27)/t19-/m1/s1. The second-order valence-corrected chi connectivity index (χ2v) is 6.90. The maximum Gasteiger partial charge on any atom is 0.317 e. The number of aromatic amines is 1. The van der Waals surface area contributed by atoms with Gasteiger partial charge in [-0.25, -0.2) is 9.18 Å². The number of carbonyl (C=O) groups excluding carboxylic acids is 1. The van der Waals surface area contributed by atoms with Crippen LogP contribution in [-0.2, 0) is 17.6 Å². The van der Waals surface area contributed by atoms with E-state index in [-0.39, 0.29) is 17.9 Å². The van der Waals surface area contributed by atoms with Crippen molar-refractivity contribution in [3.05, 3.63) is 71.7 Å². The summed E-state index contributed by atoms with van der Waals surface area (Å²) in [5.41, 5.74) is 3.03. The average molecular weight is 383 g/mol. The molecule has 0 aliphatic heterocycles. The number of hydrogen-bond donors (Lipinski definition) is 2. The lowest BCUT2D eigenvalue weighted by atomic mass is 10.1. The monoisotopic (exact) mass is 383 g/mol. The lowest BCUT2D eigenvalue weighted by Gasteiger charge is -2.28. The van der Waals surface area contributed by atoms with Crippen molar-refractivity contribution in [1.29, 1.82) is 0 Å². The molecule has 1 atom stereocenters. The normalized spacial score (nSPS) is 12.1. The number of fused-ring (bicyclic) bond motifs is 1. The van der Waals surface area contributed by atoms with Gasteiger partial charge in [0.1, 0.15) is 5.82 Å². The van der Waals surface area contributed by atoms with E-state index >= 15 is 0 Å². The minimum Gasteiger partial charge on any atom is -0.383 e. The molecule has 3 aromatic rings. The van der Waals surface area contributed by atoms with Crippen LogP contribution < -0.4 is 5.32 Å². The summed E-state index contributed by atoms with van der Waals surface area (Å²) in [4.78, 5) is 17.4. The van der Waals surface area contributed by atoms with Gasteiger partial charge in [0.15, 0.2) is 0 Å². The molecule has 2 aromatic carbocycles. The number of rotatable bonds is 8. The fraction of sp³-hybridized carbons (Fsp3) is 0.318. The molecule has 5 nitrogen and oxygen atoms in total. The quantitative estimate of drug-likeness (QED) is 0.622. The fourth-order valence-electron chi connectivity index (χ4n) is 3.34. The van der Waals surface area contributed by atoms with Crippen LogP contribution in [0.4, 0.5) is 9.18 Å². The SMILES string of the molecule is COC[C@@H](Cc1ccccc1)N(C)C(=O)NCCc1c[nH]c2ccc(F)cc12. The maximum absolute atomic E-state index is 13.5. The molecular formula is C22H26FN3O2. The molecule has 0 aliphatic carbocycles. The van der Waals surface area contributed by atoms with Gasteiger partial charge in [-0.05, 0) is 42.2 Å². The highest BCUT2D eigenvalue weighted by molar-refractivity contribution is 5.83. The Kier molecular flexibility index (Phi) is 6.66. The molecule has 3 rings (SSSR count). The predicted octanol–water partition coefficient (Wildman–Crippen LogP) is 3.75. The lowest BCUT2D eigenvalue weighted by Crippen LogP contribution is -2.47. The van der Waals surface area contributed by atoms with Crippen molar-refractivity contribution in [3.8, 4) is 0 Å². The maximum atomic E-state index is 13.5. The van der Waals surface area contributed by atoms with Crippen LogP contribution in [0.15, 0.2) is 54.7 Å². The zero-order chi connectivity index (χ0) is 19.9. The number of nitrogens with one attached hydrogen (secondary N) is 2. The lowest BCUT2D eigenvalue weighted by molar-refractivity contribution is 0.115. The number of carbonyl (C=O) groups is 1. The second-order valence-electron chi connectivity index (χ2n) is 6.90. The summed E-state index contributed by atoms with van der Waals surface area (Å²) in [6.45, 7) is 0.929. The van der Waals surface area contributed by atoms with Crippen molar-refractivity contribution in [2.75, 3.05) is 27.3 Å². The fourth-order valence-corrected chi connectivity index (χ4v) is 3.34. The molecule has 0 aliphatic rings. The van der Waals surface area contributed by atoms with Crippen LogP contribution in [0.2, 0.25) is 0 Å². The largest absolute Gasteiger partial charge is 0.383 e. The van der Waals surface area contributed by atoms with Gasteiger partial charge in [-0.15, -0.1) is 0 Å². The Bertz CT molecular complexity index is 911. The molecule has 0 saturated heterocycles. The smallest absolute Gasteiger partial charge is 0.317 e. The van der Waals surface area contributed by atoms with Crippen LogP contribution in [-0.4, -0.2) is 49.3 Å². The van der Waals surface area contributed by atoms with Gasteiger partial charge in [-0.3, -0.25) is 0 Å². The topological polar surface area (TPSA) is 57.4 Å². The van der Waals surface area contributed by atoms with Crippen LogP contribution in [0.1, 0.15) is 11.1 Å². The summed E-state index contributed by atoms with van der Waals surface area (Å²) in [6.07, 6.45) is 3.21. The van der Waals surface area contributed by atoms with E-state index in [9.17, 15) is 9.18 Å². The first-order valence-corrected chi connectivity index (χ1v) is 9.37. The molecule has 6 heteroatoms. The van der Waals surface area contributed by atoms with Crippen molar-refractivity contribution in [1.82, 2.24) is 15.2 Å². The number of aromatic nitrogens is 1. The zero-order valence-corrected chi connectivity index (χ0v) is 16.2. The average Bonchev–Trinajstić information content (AvgIpc) is 3.10. The first-order chi connectivity index (χ1) is 13.6. The predicted molar refractivity (Wildman–Crippen MR) is 109 cm³/mol. The van der Waals surface area contributed by atoms with Crippen LogP contribution in [0.5, 0.6) is 0 Å². The molecule has 0 fully saturated rings. The molecule has 0 saturated carbocycles. The number of amides is 2. The van der Waals surface area contributed by atoms with Crippen LogP contribution in [0.3, 0.4) is 0 Å².